The molecule has 3 atom stereocenters. The highest BCUT2D eigenvalue weighted by Crippen LogP contribution is 2.42. The van der Waals surface area contributed by atoms with Gasteiger partial charge in [0.15, 0.2) is 0 Å². The van der Waals surface area contributed by atoms with E-state index >= 15 is 0 Å². The third kappa shape index (κ3) is 6.44. The zero-order valence-corrected chi connectivity index (χ0v) is 18.8. The summed E-state index contributed by atoms with van der Waals surface area (Å²) >= 11 is 1.52. The normalized spacial score (nSPS) is 20.1. The maximum absolute atomic E-state index is 13.7. The van der Waals surface area contributed by atoms with E-state index in [1.807, 2.05) is 13.0 Å². The van der Waals surface area contributed by atoms with Crippen LogP contribution in [0.1, 0.15) is 57.9 Å². The first-order chi connectivity index (χ1) is 13.9. The van der Waals surface area contributed by atoms with Crippen molar-refractivity contribution < 1.29 is 14.0 Å². The van der Waals surface area contributed by atoms with E-state index in [0.29, 0.717) is 12.2 Å². The van der Waals surface area contributed by atoms with E-state index in [2.05, 4.69) is 24.1 Å². The van der Waals surface area contributed by atoms with Crippen LogP contribution in [0.2, 0.25) is 0 Å². The number of nitrogens with zero attached hydrogens (tertiary/aromatic N) is 2. The highest BCUT2D eigenvalue weighted by atomic mass is 32.2. The van der Waals surface area contributed by atoms with Gasteiger partial charge < -0.3 is 15.1 Å². The predicted molar refractivity (Wildman–Crippen MR) is 117 cm³/mol. The minimum absolute atomic E-state index is 0.0508. The van der Waals surface area contributed by atoms with Gasteiger partial charge in [0.05, 0.1) is 0 Å². The first-order valence-corrected chi connectivity index (χ1v) is 11.7. The van der Waals surface area contributed by atoms with Gasteiger partial charge in [-0.05, 0) is 57.1 Å². The minimum atomic E-state index is -0.522. The molecule has 0 radical (unpaired) electrons. The molecule has 1 aliphatic heterocycles. The fourth-order valence-electron chi connectivity index (χ4n) is 3.68. The van der Waals surface area contributed by atoms with Crippen LogP contribution in [0, 0.1) is 5.82 Å². The van der Waals surface area contributed by atoms with Crippen LogP contribution >= 0.6 is 11.8 Å². The van der Waals surface area contributed by atoms with Crippen LogP contribution in [-0.4, -0.2) is 59.1 Å². The Morgan fingerprint density at radius 1 is 1.31 bits per heavy atom. The Hall–Kier alpha value is -1.60. The van der Waals surface area contributed by atoms with E-state index in [4.69, 9.17) is 0 Å². The zero-order valence-electron chi connectivity index (χ0n) is 18.0. The Morgan fingerprint density at radius 3 is 2.66 bits per heavy atom. The number of amides is 2. The third-order valence-electron chi connectivity index (χ3n) is 5.42. The Bertz CT molecular complexity index is 684. The number of carbonyl (C=O) groups excluding carboxylic acids is 2. The van der Waals surface area contributed by atoms with Crippen LogP contribution in [0.3, 0.4) is 0 Å². The van der Waals surface area contributed by atoms with Crippen LogP contribution in [0.5, 0.6) is 0 Å². The van der Waals surface area contributed by atoms with Crippen molar-refractivity contribution in [3.63, 3.8) is 0 Å². The van der Waals surface area contributed by atoms with Crippen molar-refractivity contribution in [2.75, 3.05) is 25.4 Å². The summed E-state index contributed by atoms with van der Waals surface area (Å²) in [6.45, 7) is 11.2. The molecule has 0 aromatic heterocycles. The van der Waals surface area contributed by atoms with E-state index < -0.39 is 6.04 Å². The van der Waals surface area contributed by atoms with E-state index in [1.54, 1.807) is 17.9 Å². The summed E-state index contributed by atoms with van der Waals surface area (Å²) in [6.07, 6.45) is 2.23. The molecule has 1 aliphatic rings. The van der Waals surface area contributed by atoms with Gasteiger partial charge in [-0.1, -0.05) is 32.9 Å². The molecule has 1 aromatic rings. The third-order valence-corrected chi connectivity index (χ3v) is 6.75. The summed E-state index contributed by atoms with van der Waals surface area (Å²) in [5.74, 6) is -0.0147. The lowest BCUT2D eigenvalue weighted by Crippen LogP contribution is -2.49. The average Bonchev–Trinajstić information content (AvgIpc) is 3.16. The van der Waals surface area contributed by atoms with Crippen molar-refractivity contribution in [3.05, 3.63) is 35.6 Å². The quantitative estimate of drug-likeness (QED) is 0.622. The van der Waals surface area contributed by atoms with Gasteiger partial charge in [-0.15, -0.1) is 11.8 Å². The lowest BCUT2D eigenvalue weighted by molar-refractivity contribution is -0.139. The van der Waals surface area contributed by atoms with E-state index in [0.717, 1.165) is 38.0 Å². The van der Waals surface area contributed by atoms with Gasteiger partial charge in [-0.25, -0.2) is 4.39 Å². The van der Waals surface area contributed by atoms with Gasteiger partial charge in [0.2, 0.25) is 11.8 Å². The topological polar surface area (TPSA) is 52.7 Å². The van der Waals surface area contributed by atoms with Gasteiger partial charge in [-0.3, -0.25) is 9.59 Å². The van der Waals surface area contributed by atoms with E-state index in [9.17, 15) is 14.0 Å². The number of hydrogen-bond acceptors (Lipinski definition) is 4. The molecule has 0 spiro atoms. The first kappa shape index (κ1) is 23.7. The second kappa shape index (κ2) is 11.6. The van der Waals surface area contributed by atoms with Gasteiger partial charge in [0.1, 0.15) is 17.2 Å². The smallest absolute Gasteiger partial charge is 0.243 e. The molecule has 0 saturated carbocycles. The Kier molecular flexibility index (Phi) is 9.43. The lowest BCUT2D eigenvalue weighted by atomic mass is 10.1. The maximum Gasteiger partial charge on any atom is 0.243 e. The molecular formula is C22H34FN3O2S. The number of carbonyl (C=O) groups is 2. The number of rotatable bonds is 10. The summed E-state index contributed by atoms with van der Waals surface area (Å²) in [7, 11) is 0. The van der Waals surface area contributed by atoms with E-state index in [1.165, 1.54) is 23.9 Å². The van der Waals surface area contributed by atoms with E-state index in [-0.39, 0.29) is 29.0 Å². The van der Waals surface area contributed by atoms with Gasteiger partial charge in [0.25, 0.3) is 0 Å². The van der Waals surface area contributed by atoms with Crippen molar-refractivity contribution in [1.82, 2.24) is 15.1 Å². The molecule has 29 heavy (non-hydrogen) atoms. The molecule has 1 saturated heterocycles. The Labute approximate surface area is 178 Å². The molecule has 5 nitrogen and oxygen atoms in total. The van der Waals surface area contributed by atoms with Crippen LogP contribution < -0.4 is 5.32 Å². The lowest BCUT2D eigenvalue weighted by Gasteiger charge is -2.29. The van der Waals surface area contributed by atoms with Crippen LogP contribution in [0.4, 0.5) is 4.39 Å². The molecule has 0 aliphatic carbocycles. The molecule has 1 N–H and O–H groups in total. The zero-order chi connectivity index (χ0) is 21.4. The SMILES string of the molecule is CCC(=O)N1[C@@H](c2cccc(F)c2)SC[C@H]1C(=O)N[C@@H](C)CCCN(CC)CC. The second-order valence-electron chi connectivity index (χ2n) is 7.49. The monoisotopic (exact) mass is 423 g/mol. The largest absolute Gasteiger partial charge is 0.352 e. The summed E-state index contributed by atoms with van der Waals surface area (Å²) in [6, 6.07) is 5.82. The van der Waals surface area contributed by atoms with Crippen molar-refractivity contribution in [2.45, 2.75) is 64.4 Å². The highest BCUT2D eigenvalue weighted by Gasteiger charge is 2.41. The highest BCUT2D eigenvalue weighted by molar-refractivity contribution is 7.99. The fraction of sp³-hybridized carbons (Fsp3) is 0.636. The molecule has 0 bridgehead atoms. The maximum atomic E-state index is 13.7. The molecule has 0 unspecified atom stereocenters. The van der Waals surface area contributed by atoms with Crippen molar-refractivity contribution >= 4 is 23.6 Å². The van der Waals surface area contributed by atoms with Gasteiger partial charge in [-0.2, -0.15) is 0 Å². The minimum Gasteiger partial charge on any atom is -0.352 e. The molecule has 1 fully saturated rings. The number of nitrogens with one attached hydrogen (secondary N) is 1. The number of halogens is 1. The van der Waals surface area contributed by atoms with Gasteiger partial charge >= 0.3 is 0 Å². The number of thioether (sulfide) groups is 1. The number of benzene rings is 1. The van der Waals surface area contributed by atoms with Crippen molar-refractivity contribution in [2.24, 2.45) is 0 Å². The van der Waals surface area contributed by atoms with Crippen LogP contribution in [0.25, 0.3) is 0 Å². The molecule has 2 rings (SSSR count). The summed E-state index contributed by atoms with van der Waals surface area (Å²) in [4.78, 5) is 29.6. The van der Waals surface area contributed by atoms with Crippen LogP contribution in [0.15, 0.2) is 24.3 Å². The second-order valence-corrected chi connectivity index (χ2v) is 8.60. The fourth-order valence-corrected chi connectivity index (χ4v) is 5.13. The average molecular weight is 424 g/mol. The Morgan fingerprint density at radius 2 is 2.03 bits per heavy atom. The van der Waals surface area contributed by atoms with Crippen molar-refractivity contribution in [3.8, 4) is 0 Å². The number of hydrogen-bond donors (Lipinski definition) is 1. The molecule has 1 aromatic carbocycles. The Balaban J connectivity index is 2.00. The molecule has 2 amide bonds. The summed E-state index contributed by atoms with van der Waals surface area (Å²) in [5.41, 5.74) is 0.722. The summed E-state index contributed by atoms with van der Waals surface area (Å²) in [5, 5.41) is 2.76. The van der Waals surface area contributed by atoms with Gasteiger partial charge in [0, 0.05) is 18.2 Å². The molecular weight excluding hydrogens is 389 g/mol. The summed E-state index contributed by atoms with van der Waals surface area (Å²) < 4.78 is 13.7. The predicted octanol–water partition coefficient (Wildman–Crippen LogP) is 3.81. The van der Waals surface area contributed by atoms with Crippen LogP contribution in [-0.2, 0) is 9.59 Å². The first-order valence-electron chi connectivity index (χ1n) is 10.6. The molecule has 7 heteroatoms. The molecule has 1 heterocycles. The standard InChI is InChI=1S/C22H34FN3O2S/c1-5-20(27)26-19(15-29-22(26)17-11-8-12-18(23)14-17)21(28)24-16(4)10-9-13-25(6-2)7-3/h8,11-12,14,16,19,22H,5-7,9-10,13,15H2,1-4H3,(H,24,28)/t16-,19-,22+/m0/s1. The molecule has 162 valence electrons. The van der Waals surface area contributed by atoms with Crippen molar-refractivity contribution in [1.29, 1.82) is 0 Å².